The maximum Gasteiger partial charge on any atom is 0.0480 e. The molecule has 2 heterocycles. The maximum absolute atomic E-state index is 5.53. The van der Waals surface area contributed by atoms with E-state index in [2.05, 4.69) is 36.0 Å². The number of nitrogens with one attached hydrogen (secondary N) is 1. The summed E-state index contributed by atoms with van der Waals surface area (Å²) >= 11 is 0. The number of hydrogen-bond donors (Lipinski definition) is 1. The zero-order chi connectivity index (χ0) is 13.7. The van der Waals surface area contributed by atoms with Gasteiger partial charge < -0.3 is 15.0 Å². The molecule has 0 bridgehead atoms. The maximum atomic E-state index is 5.53. The van der Waals surface area contributed by atoms with Crippen LogP contribution in [0.15, 0.2) is 0 Å². The third-order valence-electron chi connectivity index (χ3n) is 4.63. The fourth-order valence-electron chi connectivity index (χ4n) is 3.03. The Morgan fingerprint density at radius 1 is 1.11 bits per heavy atom. The topological polar surface area (TPSA) is 27.7 Å². The fourth-order valence-corrected chi connectivity index (χ4v) is 3.03. The van der Waals surface area contributed by atoms with Gasteiger partial charge in [-0.05, 0) is 40.2 Å². The van der Waals surface area contributed by atoms with Crippen molar-refractivity contribution in [3.05, 3.63) is 0 Å². The van der Waals surface area contributed by atoms with Crippen molar-refractivity contribution >= 4 is 0 Å². The SMILES string of the molecule is CN1CCN(C(C)(C)CNC2CCCOCC2)CC1. The molecular weight excluding hydrogens is 238 g/mol. The molecule has 0 aliphatic carbocycles. The zero-order valence-corrected chi connectivity index (χ0v) is 13.0. The molecule has 112 valence electrons. The van der Waals surface area contributed by atoms with Gasteiger partial charge in [-0.15, -0.1) is 0 Å². The highest BCUT2D eigenvalue weighted by molar-refractivity contribution is 4.88. The van der Waals surface area contributed by atoms with Crippen molar-refractivity contribution in [3.8, 4) is 0 Å². The summed E-state index contributed by atoms with van der Waals surface area (Å²) in [5.74, 6) is 0. The van der Waals surface area contributed by atoms with Gasteiger partial charge in [-0.1, -0.05) is 0 Å². The van der Waals surface area contributed by atoms with Gasteiger partial charge in [0.15, 0.2) is 0 Å². The Morgan fingerprint density at radius 3 is 2.58 bits per heavy atom. The second-order valence-corrected chi connectivity index (χ2v) is 6.72. The standard InChI is InChI=1S/C15H31N3O/c1-15(2,18-9-7-17(3)8-10-18)13-16-14-5-4-11-19-12-6-14/h14,16H,4-13H2,1-3H3. The van der Waals surface area contributed by atoms with Crippen LogP contribution in [0, 0.1) is 0 Å². The van der Waals surface area contributed by atoms with E-state index in [4.69, 9.17) is 4.74 Å². The van der Waals surface area contributed by atoms with E-state index >= 15 is 0 Å². The Morgan fingerprint density at radius 2 is 1.84 bits per heavy atom. The molecule has 2 aliphatic rings. The van der Waals surface area contributed by atoms with E-state index in [1.807, 2.05) is 0 Å². The number of nitrogens with zero attached hydrogens (tertiary/aromatic N) is 2. The first-order chi connectivity index (χ1) is 9.08. The van der Waals surface area contributed by atoms with E-state index in [9.17, 15) is 0 Å². The number of likely N-dealkylation sites (N-methyl/N-ethyl adjacent to an activating group) is 1. The Bertz CT molecular complexity index is 254. The second-order valence-electron chi connectivity index (χ2n) is 6.72. The van der Waals surface area contributed by atoms with Crippen molar-refractivity contribution < 1.29 is 4.74 Å². The van der Waals surface area contributed by atoms with Crippen LogP contribution in [-0.2, 0) is 4.74 Å². The molecule has 4 nitrogen and oxygen atoms in total. The predicted molar refractivity (Wildman–Crippen MR) is 79.6 cm³/mol. The first-order valence-corrected chi connectivity index (χ1v) is 7.83. The molecule has 0 aromatic carbocycles. The Hall–Kier alpha value is -0.160. The lowest BCUT2D eigenvalue weighted by Crippen LogP contribution is -2.58. The highest BCUT2D eigenvalue weighted by atomic mass is 16.5. The quantitative estimate of drug-likeness (QED) is 0.829. The van der Waals surface area contributed by atoms with E-state index in [0.29, 0.717) is 6.04 Å². The van der Waals surface area contributed by atoms with Crippen LogP contribution in [-0.4, -0.2) is 74.4 Å². The van der Waals surface area contributed by atoms with Gasteiger partial charge in [-0.25, -0.2) is 0 Å². The summed E-state index contributed by atoms with van der Waals surface area (Å²) < 4.78 is 5.53. The van der Waals surface area contributed by atoms with E-state index in [-0.39, 0.29) is 5.54 Å². The van der Waals surface area contributed by atoms with Crippen LogP contribution >= 0.6 is 0 Å². The zero-order valence-electron chi connectivity index (χ0n) is 13.0. The van der Waals surface area contributed by atoms with Crippen LogP contribution in [0.25, 0.3) is 0 Å². The molecule has 1 atom stereocenters. The van der Waals surface area contributed by atoms with Gasteiger partial charge in [0.25, 0.3) is 0 Å². The third kappa shape index (κ3) is 4.71. The molecule has 4 heteroatoms. The van der Waals surface area contributed by atoms with Crippen molar-refractivity contribution in [2.75, 3.05) is 53.0 Å². The van der Waals surface area contributed by atoms with Gasteiger partial charge in [0.1, 0.15) is 0 Å². The molecule has 2 saturated heterocycles. The minimum absolute atomic E-state index is 0.258. The highest BCUT2D eigenvalue weighted by Crippen LogP contribution is 2.17. The number of hydrogen-bond acceptors (Lipinski definition) is 4. The van der Waals surface area contributed by atoms with E-state index in [0.717, 1.165) is 19.8 Å². The molecule has 2 aliphatic heterocycles. The summed E-state index contributed by atoms with van der Waals surface area (Å²) in [6.45, 7) is 12.5. The molecule has 19 heavy (non-hydrogen) atoms. The van der Waals surface area contributed by atoms with Crippen LogP contribution in [0.5, 0.6) is 0 Å². The molecule has 0 spiro atoms. The summed E-state index contributed by atoms with van der Waals surface area (Å²) in [5.41, 5.74) is 0.258. The van der Waals surface area contributed by atoms with Crippen molar-refractivity contribution in [1.29, 1.82) is 0 Å². The van der Waals surface area contributed by atoms with Crippen LogP contribution in [0.4, 0.5) is 0 Å². The predicted octanol–water partition coefficient (Wildman–Crippen LogP) is 1.17. The summed E-state index contributed by atoms with van der Waals surface area (Å²) in [6, 6.07) is 0.647. The van der Waals surface area contributed by atoms with Crippen LogP contribution < -0.4 is 5.32 Å². The molecule has 2 fully saturated rings. The lowest BCUT2D eigenvalue weighted by Gasteiger charge is -2.44. The fraction of sp³-hybridized carbons (Fsp3) is 1.00. The normalized spacial score (nSPS) is 28.3. The van der Waals surface area contributed by atoms with Crippen LogP contribution in [0.2, 0.25) is 0 Å². The van der Waals surface area contributed by atoms with Gasteiger partial charge in [0.05, 0.1) is 0 Å². The monoisotopic (exact) mass is 269 g/mol. The average Bonchev–Trinajstić information content (AvgIpc) is 2.65. The molecule has 0 amide bonds. The molecule has 0 saturated carbocycles. The van der Waals surface area contributed by atoms with Crippen molar-refractivity contribution in [2.45, 2.75) is 44.7 Å². The van der Waals surface area contributed by atoms with Gasteiger partial charge in [-0.3, -0.25) is 4.90 Å². The Balaban J connectivity index is 1.76. The van der Waals surface area contributed by atoms with Crippen molar-refractivity contribution in [2.24, 2.45) is 0 Å². The lowest BCUT2D eigenvalue weighted by molar-refractivity contribution is 0.0595. The van der Waals surface area contributed by atoms with Gasteiger partial charge in [0, 0.05) is 57.5 Å². The van der Waals surface area contributed by atoms with Gasteiger partial charge >= 0.3 is 0 Å². The molecular formula is C15H31N3O. The Labute approximate surface area is 118 Å². The average molecular weight is 269 g/mol. The summed E-state index contributed by atoms with van der Waals surface area (Å²) in [7, 11) is 2.22. The summed E-state index contributed by atoms with van der Waals surface area (Å²) in [6.07, 6.45) is 3.63. The summed E-state index contributed by atoms with van der Waals surface area (Å²) in [4.78, 5) is 5.05. The highest BCUT2D eigenvalue weighted by Gasteiger charge is 2.29. The second kappa shape index (κ2) is 7.02. The van der Waals surface area contributed by atoms with Crippen molar-refractivity contribution in [1.82, 2.24) is 15.1 Å². The molecule has 2 rings (SSSR count). The number of ether oxygens (including phenoxy) is 1. The number of piperazine rings is 1. The first-order valence-electron chi connectivity index (χ1n) is 7.83. The lowest BCUT2D eigenvalue weighted by atomic mass is 10.00. The smallest absolute Gasteiger partial charge is 0.0480 e. The minimum Gasteiger partial charge on any atom is -0.381 e. The largest absolute Gasteiger partial charge is 0.381 e. The van der Waals surface area contributed by atoms with Gasteiger partial charge in [0.2, 0.25) is 0 Å². The van der Waals surface area contributed by atoms with E-state index < -0.39 is 0 Å². The molecule has 1 unspecified atom stereocenters. The molecule has 0 radical (unpaired) electrons. The minimum atomic E-state index is 0.258. The third-order valence-corrected chi connectivity index (χ3v) is 4.63. The first kappa shape index (κ1) is 15.2. The van der Waals surface area contributed by atoms with E-state index in [1.54, 1.807) is 0 Å². The number of rotatable bonds is 4. The molecule has 1 N–H and O–H groups in total. The molecule has 0 aromatic rings. The van der Waals surface area contributed by atoms with Crippen molar-refractivity contribution in [3.63, 3.8) is 0 Å². The molecule has 0 aromatic heterocycles. The van der Waals surface area contributed by atoms with Crippen LogP contribution in [0.3, 0.4) is 0 Å². The van der Waals surface area contributed by atoms with Crippen LogP contribution in [0.1, 0.15) is 33.1 Å². The Kier molecular flexibility index (Phi) is 5.63. The van der Waals surface area contributed by atoms with Gasteiger partial charge in [-0.2, -0.15) is 0 Å². The van der Waals surface area contributed by atoms with E-state index in [1.165, 1.54) is 45.4 Å². The summed E-state index contributed by atoms with van der Waals surface area (Å²) in [5, 5.41) is 3.78.